The van der Waals surface area contributed by atoms with Crippen molar-refractivity contribution in [3.05, 3.63) is 83.9 Å². The number of carbonyl (C=O) groups excluding carboxylic acids is 1. The van der Waals surface area contributed by atoms with Gasteiger partial charge in [0.25, 0.3) is 0 Å². The van der Waals surface area contributed by atoms with Crippen LogP contribution in [0.2, 0.25) is 0 Å². The quantitative estimate of drug-likeness (QED) is 0.349. The summed E-state index contributed by atoms with van der Waals surface area (Å²) in [7, 11) is 0. The van der Waals surface area contributed by atoms with Crippen molar-refractivity contribution in [2.24, 2.45) is 0 Å². The number of ether oxygens (including phenoxy) is 1. The van der Waals surface area contributed by atoms with Crippen molar-refractivity contribution in [2.45, 2.75) is 19.8 Å². The van der Waals surface area contributed by atoms with Crippen LogP contribution in [0.1, 0.15) is 16.8 Å². The van der Waals surface area contributed by atoms with Crippen molar-refractivity contribution >= 4 is 5.78 Å². The standard InChI is InChI=1S/C19H21NO2/c1-3-11-22-14-17(12-18-9-6-10-20-18)19(21)13-16-8-5-4-7-15(16)2/h3-10,14,20H,1,11-13H2,2H3/b17-14-. The Labute approximate surface area is 131 Å². The number of rotatable bonds is 8. The number of carbonyl (C=O) groups is 1. The number of aromatic nitrogens is 1. The fourth-order valence-electron chi connectivity index (χ4n) is 2.20. The van der Waals surface area contributed by atoms with Gasteiger partial charge in [0.15, 0.2) is 5.78 Å². The molecule has 0 aliphatic heterocycles. The summed E-state index contributed by atoms with van der Waals surface area (Å²) in [5, 5.41) is 0. The molecule has 114 valence electrons. The van der Waals surface area contributed by atoms with Gasteiger partial charge in [-0.3, -0.25) is 4.79 Å². The number of ketones is 1. The van der Waals surface area contributed by atoms with Crippen molar-refractivity contribution in [2.75, 3.05) is 6.61 Å². The third-order valence-electron chi connectivity index (χ3n) is 3.45. The molecular formula is C19H21NO2. The van der Waals surface area contributed by atoms with Crippen molar-refractivity contribution < 1.29 is 9.53 Å². The van der Waals surface area contributed by atoms with Crippen LogP contribution in [0.4, 0.5) is 0 Å². The summed E-state index contributed by atoms with van der Waals surface area (Å²) in [5.74, 6) is 0.0768. The highest BCUT2D eigenvalue weighted by atomic mass is 16.5. The molecule has 0 aliphatic carbocycles. The molecule has 0 spiro atoms. The summed E-state index contributed by atoms with van der Waals surface area (Å²) in [4.78, 5) is 15.7. The second-order valence-corrected chi connectivity index (χ2v) is 5.16. The largest absolute Gasteiger partial charge is 0.497 e. The average Bonchev–Trinajstić information content (AvgIpc) is 3.02. The molecule has 0 aliphatic rings. The number of allylic oxidation sites excluding steroid dienone is 1. The molecule has 22 heavy (non-hydrogen) atoms. The maximum Gasteiger partial charge on any atom is 0.166 e. The van der Waals surface area contributed by atoms with E-state index in [-0.39, 0.29) is 5.78 Å². The first kappa shape index (κ1) is 15.8. The van der Waals surface area contributed by atoms with Gasteiger partial charge in [-0.05, 0) is 30.2 Å². The van der Waals surface area contributed by atoms with Gasteiger partial charge in [-0.25, -0.2) is 0 Å². The van der Waals surface area contributed by atoms with Crippen LogP contribution in [0.5, 0.6) is 0 Å². The summed E-state index contributed by atoms with van der Waals surface area (Å²) in [6.45, 7) is 6.03. The molecule has 0 unspecified atom stereocenters. The Bertz CT molecular complexity index is 654. The molecule has 1 heterocycles. The van der Waals surface area contributed by atoms with Gasteiger partial charge < -0.3 is 9.72 Å². The first-order valence-corrected chi connectivity index (χ1v) is 7.32. The van der Waals surface area contributed by atoms with Gasteiger partial charge in [0, 0.05) is 30.3 Å². The Morgan fingerprint density at radius 2 is 2.05 bits per heavy atom. The number of hydrogen-bond donors (Lipinski definition) is 1. The lowest BCUT2D eigenvalue weighted by molar-refractivity contribution is -0.115. The highest BCUT2D eigenvalue weighted by molar-refractivity contribution is 5.97. The van der Waals surface area contributed by atoms with Gasteiger partial charge in [-0.15, -0.1) is 0 Å². The molecule has 2 rings (SSSR count). The van der Waals surface area contributed by atoms with Gasteiger partial charge in [-0.1, -0.05) is 36.9 Å². The number of nitrogens with one attached hydrogen (secondary N) is 1. The van der Waals surface area contributed by atoms with Crippen LogP contribution in [-0.2, 0) is 22.4 Å². The van der Waals surface area contributed by atoms with E-state index in [4.69, 9.17) is 4.74 Å². The number of aromatic amines is 1. The summed E-state index contributed by atoms with van der Waals surface area (Å²) < 4.78 is 5.37. The third kappa shape index (κ3) is 4.48. The topological polar surface area (TPSA) is 42.1 Å². The molecule has 0 bridgehead atoms. The zero-order chi connectivity index (χ0) is 15.8. The van der Waals surface area contributed by atoms with E-state index >= 15 is 0 Å². The Hall–Kier alpha value is -2.55. The Kier molecular flexibility index (Phi) is 5.78. The molecule has 1 aromatic carbocycles. The fraction of sp³-hybridized carbons (Fsp3) is 0.211. The molecule has 2 aromatic rings. The number of aryl methyl sites for hydroxylation is 1. The van der Waals surface area contributed by atoms with E-state index in [1.165, 1.54) is 0 Å². The molecule has 1 N–H and O–H groups in total. The lowest BCUT2D eigenvalue weighted by Crippen LogP contribution is -2.11. The maximum absolute atomic E-state index is 12.6. The summed E-state index contributed by atoms with van der Waals surface area (Å²) >= 11 is 0. The molecule has 0 amide bonds. The Balaban J connectivity index is 2.13. The van der Waals surface area contributed by atoms with E-state index in [9.17, 15) is 4.79 Å². The monoisotopic (exact) mass is 295 g/mol. The van der Waals surface area contributed by atoms with Crippen LogP contribution in [0.25, 0.3) is 0 Å². The minimum Gasteiger partial charge on any atom is -0.497 e. The summed E-state index contributed by atoms with van der Waals surface area (Å²) in [6, 6.07) is 11.8. The van der Waals surface area contributed by atoms with Crippen LogP contribution in [-0.4, -0.2) is 17.4 Å². The second kappa shape index (κ2) is 8.03. The number of H-pyrrole nitrogens is 1. The van der Waals surface area contributed by atoms with Crippen LogP contribution < -0.4 is 0 Å². The minimum absolute atomic E-state index is 0.0768. The van der Waals surface area contributed by atoms with Gasteiger partial charge in [0.2, 0.25) is 0 Å². The van der Waals surface area contributed by atoms with Gasteiger partial charge in [-0.2, -0.15) is 0 Å². The zero-order valence-electron chi connectivity index (χ0n) is 12.8. The van der Waals surface area contributed by atoms with Gasteiger partial charge >= 0.3 is 0 Å². The lowest BCUT2D eigenvalue weighted by Gasteiger charge is -2.08. The zero-order valence-corrected chi connectivity index (χ0v) is 12.8. The van der Waals surface area contributed by atoms with E-state index < -0.39 is 0 Å². The molecule has 3 heteroatoms. The lowest BCUT2D eigenvalue weighted by atomic mass is 9.98. The number of hydrogen-bond acceptors (Lipinski definition) is 2. The third-order valence-corrected chi connectivity index (χ3v) is 3.45. The number of benzene rings is 1. The molecule has 0 saturated heterocycles. The van der Waals surface area contributed by atoms with Crippen molar-refractivity contribution in [3.8, 4) is 0 Å². The predicted molar refractivity (Wildman–Crippen MR) is 88.6 cm³/mol. The van der Waals surface area contributed by atoms with E-state index in [0.29, 0.717) is 25.0 Å². The molecule has 0 atom stereocenters. The highest BCUT2D eigenvalue weighted by Gasteiger charge is 2.13. The molecular weight excluding hydrogens is 274 g/mol. The second-order valence-electron chi connectivity index (χ2n) is 5.16. The molecule has 1 aromatic heterocycles. The smallest absolute Gasteiger partial charge is 0.166 e. The van der Waals surface area contributed by atoms with Crippen LogP contribution in [0.3, 0.4) is 0 Å². The Morgan fingerprint density at radius 1 is 1.23 bits per heavy atom. The van der Waals surface area contributed by atoms with Crippen LogP contribution in [0, 0.1) is 6.92 Å². The van der Waals surface area contributed by atoms with E-state index in [2.05, 4.69) is 11.6 Å². The Morgan fingerprint density at radius 3 is 2.73 bits per heavy atom. The van der Waals surface area contributed by atoms with E-state index in [1.54, 1.807) is 12.3 Å². The van der Waals surface area contributed by atoms with Crippen molar-refractivity contribution in [1.82, 2.24) is 4.98 Å². The SMILES string of the molecule is C=CCO/C=C(/Cc1ccc[nH]1)C(=O)Cc1ccccc1C. The van der Waals surface area contributed by atoms with Crippen molar-refractivity contribution in [1.29, 1.82) is 0 Å². The summed E-state index contributed by atoms with van der Waals surface area (Å²) in [5.41, 5.74) is 3.83. The normalized spacial score (nSPS) is 11.2. The average molecular weight is 295 g/mol. The van der Waals surface area contributed by atoms with Gasteiger partial charge in [0.1, 0.15) is 6.61 Å². The molecule has 3 nitrogen and oxygen atoms in total. The minimum atomic E-state index is 0.0768. The summed E-state index contributed by atoms with van der Waals surface area (Å²) in [6.07, 6.45) is 5.99. The van der Waals surface area contributed by atoms with Gasteiger partial charge in [0.05, 0.1) is 6.26 Å². The first-order chi connectivity index (χ1) is 10.7. The fourth-order valence-corrected chi connectivity index (χ4v) is 2.20. The molecule has 0 radical (unpaired) electrons. The van der Waals surface area contributed by atoms with E-state index in [1.807, 2.05) is 49.5 Å². The van der Waals surface area contributed by atoms with Crippen LogP contribution >= 0.6 is 0 Å². The van der Waals surface area contributed by atoms with Crippen LogP contribution in [0.15, 0.2) is 67.1 Å². The highest BCUT2D eigenvalue weighted by Crippen LogP contribution is 2.14. The predicted octanol–water partition coefficient (Wildman–Crippen LogP) is 3.76. The first-order valence-electron chi connectivity index (χ1n) is 7.32. The molecule has 0 saturated carbocycles. The van der Waals surface area contributed by atoms with Crippen molar-refractivity contribution in [3.63, 3.8) is 0 Å². The van der Waals surface area contributed by atoms with E-state index in [0.717, 1.165) is 16.8 Å². The maximum atomic E-state index is 12.6. The molecule has 0 fully saturated rings. The number of Topliss-reactive ketones (excluding diaryl/α,β-unsaturated/α-hetero) is 1.